The van der Waals surface area contributed by atoms with Crippen LogP contribution in [0.5, 0.6) is 0 Å². The Balaban J connectivity index is 1.56. The van der Waals surface area contributed by atoms with E-state index in [1.54, 1.807) is 6.33 Å². The van der Waals surface area contributed by atoms with Gasteiger partial charge in [-0.05, 0) is 24.8 Å². The van der Waals surface area contributed by atoms with Crippen LogP contribution in [0.15, 0.2) is 18.6 Å². The van der Waals surface area contributed by atoms with Gasteiger partial charge >= 0.3 is 6.03 Å². The van der Waals surface area contributed by atoms with Gasteiger partial charge in [0.25, 0.3) is 0 Å². The fourth-order valence-corrected chi connectivity index (χ4v) is 3.73. The number of likely N-dealkylation sites (tertiary alicyclic amines) is 2. The molecule has 2 atom stereocenters. The number of hydrogen-bond donors (Lipinski definition) is 1. The first kappa shape index (κ1) is 15.2. The largest absolute Gasteiger partial charge is 0.354 e. The Morgan fingerprint density at radius 1 is 1.29 bits per heavy atom. The summed E-state index contributed by atoms with van der Waals surface area (Å²) < 4.78 is 0. The van der Waals surface area contributed by atoms with E-state index in [0.29, 0.717) is 5.92 Å². The van der Waals surface area contributed by atoms with Crippen molar-refractivity contribution < 1.29 is 4.79 Å². The summed E-state index contributed by atoms with van der Waals surface area (Å²) in [5, 5.41) is 1.03. The number of urea groups is 1. The van der Waals surface area contributed by atoms with E-state index in [-0.39, 0.29) is 12.1 Å². The predicted octanol–water partition coefficient (Wildman–Crippen LogP) is 1.93. The molecule has 2 saturated heterocycles. The molecule has 7 heteroatoms. The monoisotopic (exact) mass is 328 g/mol. The number of hydrogen-bond acceptors (Lipinski definition) is 4. The predicted molar refractivity (Wildman–Crippen MR) is 93.0 cm³/mol. The lowest BCUT2D eigenvalue weighted by atomic mass is 9.92. The van der Waals surface area contributed by atoms with Gasteiger partial charge in [0.1, 0.15) is 17.8 Å². The van der Waals surface area contributed by atoms with Gasteiger partial charge in [0.05, 0.1) is 11.4 Å². The molecule has 1 N–H and O–H groups in total. The average Bonchev–Trinajstić information content (AvgIpc) is 3.01. The maximum Gasteiger partial charge on any atom is 0.320 e. The molecule has 2 amide bonds. The first-order chi connectivity index (χ1) is 11.6. The smallest absolute Gasteiger partial charge is 0.320 e. The summed E-state index contributed by atoms with van der Waals surface area (Å²) in [6.45, 7) is 5.68. The molecule has 2 aliphatic heterocycles. The maximum absolute atomic E-state index is 12.6. The first-order valence-electron chi connectivity index (χ1n) is 8.70. The van der Waals surface area contributed by atoms with Gasteiger partial charge in [-0.1, -0.05) is 6.92 Å². The molecule has 0 aromatic carbocycles. The Labute approximate surface area is 141 Å². The zero-order valence-electron chi connectivity index (χ0n) is 14.3. The van der Waals surface area contributed by atoms with Crippen LogP contribution in [0, 0.1) is 5.92 Å². The van der Waals surface area contributed by atoms with Gasteiger partial charge in [-0.3, -0.25) is 0 Å². The minimum atomic E-state index is 0.195. The van der Waals surface area contributed by atoms with Crippen molar-refractivity contribution in [3.8, 4) is 0 Å². The van der Waals surface area contributed by atoms with E-state index in [4.69, 9.17) is 0 Å². The highest BCUT2D eigenvalue weighted by atomic mass is 16.2. The summed E-state index contributed by atoms with van der Waals surface area (Å²) in [5.41, 5.74) is 0.851. The standard InChI is InChI=1S/C17H24N6O/c1-12-5-9-23(17(24)22-7-3-8-22)10-14(12)21(2)16-13-4-6-18-15(13)19-11-20-16/h4,6,11-12,14H,3,5,7-10H2,1-2H3,(H,18,19,20). The van der Waals surface area contributed by atoms with Crippen molar-refractivity contribution in [3.05, 3.63) is 18.6 Å². The normalized spacial score (nSPS) is 24.1. The number of fused-ring (bicyclic) bond motifs is 1. The fraction of sp³-hybridized carbons (Fsp3) is 0.588. The van der Waals surface area contributed by atoms with Gasteiger partial charge in [0, 0.05) is 39.4 Å². The Bertz CT molecular complexity index is 740. The molecular weight excluding hydrogens is 304 g/mol. The maximum atomic E-state index is 12.6. The highest BCUT2D eigenvalue weighted by molar-refractivity contribution is 5.87. The Morgan fingerprint density at radius 3 is 2.88 bits per heavy atom. The van der Waals surface area contributed by atoms with Crippen LogP contribution < -0.4 is 4.90 Å². The zero-order chi connectivity index (χ0) is 16.7. The number of H-pyrrole nitrogens is 1. The van der Waals surface area contributed by atoms with Crippen molar-refractivity contribution in [3.63, 3.8) is 0 Å². The van der Waals surface area contributed by atoms with Crippen molar-refractivity contribution in [2.45, 2.75) is 25.8 Å². The Hall–Kier alpha value is -2.31. The number of likely N-dealkylation sites (N-methyl/N-ethyl adjacent to an activating group) is 1. The molecular formula is C17H24N6O. The van der Waals surface area contributed by atoms with E-state index in [2.05, 4.69) is 33.8 Å². The summed E-state index contributed by atoms with van der Waals surface area (Å²) >= 11 is 0. The van der Waals surface area contributed by atoms with Gasteiger partial charge in [-0.15, -0.1) is 0 Å². The SMILES string of the molecule is CC1CCN(C(=O)N2CCC2)CC1N(C)c1ncnc2[nH]ccc12. The van der Waals surface area contributed by atoms with Crippen LogP contribution in [0.2, 0.25) is 0 Å². The van der Waals surface area contributed by atoms with E-state index in [1.165, 1.54) is 0 Å². The molecule has 2 unspecified atom stereocenters. The molecule has 24 heavy (non-hydrogen) atoms. The second-order valence-corrected chi connectivity index (χ2v) is 6.95. The number of nitrogens with one attached hydrogen (secondary N) is 1. The molecule has 128 valence electrons. The van der Waals surface area contributed by atoms with Crippen LogP contribution in [0.4, 0.5) is 10.6 Å². The van der Waals surface area contributed by atoms with Gasteiger partial charge in [0.15, 0.2) is 0 Å². The van der Waals surface area contributed by atoms with E-state index in [1.807, 2.05) is 22.1 Å². The molecule has 0 radical (unpaired) electrons. The molecule has 4 rings (SSSR count). The number of carbonyl (C=O) groups excluding carboxylic acids is 1. The van der Waals surface area contributed by atoms with Crippen LogP contribution >= 0.6 is 0 Å². The molecule has 7 nitrogen and oxygen atoms in total. The summed E-state index contributed by atoms with van der Waals surface area (Å²) in [5.74, 6) is 1.44. The second-order valence-electron chi connectivity index (χ2n) is 6.95. The van der Waals surface area contributed by atoms with E-state index in [0.717, 1.165) is 55.9 Å². The first-order valence-corrected chi connectivity index (χ1v) is 8.70. The second kappa shape index (κ2) is 5.96. The number of piperidine rings is 1. The molecule has 2 aromatic heterocycles. The third-order valence-corrected chi connectivity index (χ3v) is 5.48. The highest BCUT2D eigenvalue weighted by Gasteiger charge is 2.35. The molecule has 0 aliphatic carbocycles. The molecule has 2 fully saturated rings. The molecule has 4 heterocycles. The van der Waals surface area contributed by atoms with Crippen LogP contribution in [0.3, 0.4) is 0 Å². The van der Waals surface area contributed by atoms with Crippen molar-refractivity contribution in [2.24, 2.45) is 5.92 Å². The summed E-state index contributed by atoms with van der Waals surface area (Å²) in [6.07, 6.45) is 5.64. The average molecular weight is 328 g/mol. The lowest BCUT2D eigenvalue weighted by Crippen LogP contribution is -2.57. The summed E-state index contributed by atoms with van der Waals surface area (Å²) in [7, 11) is 2.08. The lowest BCUT2D eigenvalue weighted by molar-refractivity contribution is 0.105. The van der Waals surface area contributed by atoms with E-state index >= 15 is 0 Å². The molecule has 2 aromatic rings. The topological polar surface area (TPSA) is 68.4 Å². The number of amides is 2. The van der Waals surface area contributed by atoms with Crippen molar-refractivity contribution in [1.29, 1.82) is 0 Å². The minimum absolute atomic E-state index is 0.195. The van der Waals surface area contributed by atoms with E-state index < -0.39 is 0 Å². The number of nitrogens with zero attached hydrogens (tertiary/aromatic N) is 5. The quantitative estimate of drug-likeness (QED) is 0.915. The number of anilines is 1. The number of carbonyl (C=O) groups is 1. The molecule has 0 bridgehead atoms. The van der Waals surface area contributed by atoms with Gasteiger partial charge in [-0.2, -0.15) is 0 Å². The van der Waals surface area contributed by atoms with Crippen LogP contribution in [0.25, 0.3) is 11.0 Å². The van der Waals surface area contributed by atoms with Gasteiger partial charge in [-0.25, -0.2) is 14.8 Å². The summed E-state index contributed by atoms with van der Waals surface area (Å²) in [6, 6.07) is 2.47. The number of aromatic amines is 1. The zero-order valence-corrected chi connectivity index (χ0v) is 14.3. The third-order valence-electron chi connectivity index (χ3n) is 5.48. The van der Waals surface area contributed by atoms with Gasteiger partial charge in [0.2, 0.25) is 0 Å². The van der Waals surface area contributed by atoms with Crippen LogP contribution in [0.1, 0.15) is 19.8 Å². The van der Waals surface area contributed by atoms with Crippen molar-refractivity contribution >= 4 is 22.9 Å². The Morgan fingerprint density at radius 2 is 2.12 bits per heavy atom. The van der Waals surface area contributed by atoms with Gasteiger partial charge < -0.3 is 19.7 Å². The van der Waals surface area contributed by atoms with Crippen LogP contribution in [-0.2, 0) is 0 Å². The van der Waals surface area contributed by atoms with Crippen molar-refractivity contribution in [1.82, 2.24) is 24.8 Å². The molecule has 2 aliphatic rings. The lowest BCUT2D eigenvalue weighted by Gasteiger charge is -2.44. The number of rotatable bonds is 2. The highest BCUT2D eigenvalue weighted by Crippen LogP contribution is 2.29. The summed E-state index contributed by atoms with van der Waals surface area (Å²) in [4.78, 5) is 30.7. The fourth-order valence-electron chi connectivity index (χ4n) is 3.73. The minimum Gasteiger partial charge on any atom is -0.354 e. The molecule has 0 saturated carbocycles. The number of aromatic nitrogens is 3. The van der Waals surface area contributed by atoms with Crippen molar-refractivity contribution in [2.75, 3.05) is 38.1 Å². The molecule has 0 spiro atoms. The van der Waals surface area contributed by atoms with Crippen LogP contribution in [-0.4, -0.2) is 70.1 Å². The van der Waals surface area contributed by atoms with E-state index in [9.17, 15) is 4.79 Å². The third kappa shape index (κ3) is 2.48. The Kier molecular flexibility index (Phi) is 3.78.